The third-order valence-corrected chi connectivity index (χ3v) is 4.14. The van der Waals surface area contributed by atoms with Gasteiger partial charge < -0.3 is 10.1 Å². The highest BCUT2D eigenvalue weighted by molar-refractivity contribution is 6.49. The van der Waals surface area contributed by atoms with Crippen LogP contribution >= 0.6 is 46.4 Å². The Hall–Kier alpha value is 0.300. The van der Waals surface area contributed by atoms with E-state index in [-0.39, 0.29) is 0 Å². The molecule has 2 nitrogen and oxygen atoms in total. The van der Waals surface area contributed by atoms with Gasteiger partial charge in [-0.25, -0.2) is 0 Å². The minimum absolute atomic E-state index is 0.337. The second-order valence-corrected chi connectivity index (χ2v) is 5.99. The van der Waals surface area contributed by atoms with Crippen molar-refractivity contribution in [1.82, 2.24) is 5.32 Å². The molecule has 0 saturated carbocycles. The highest BCUT2D eigenvalue weighted by atomic mass is 35.5. The third kappa shape index (κ3) is 5.66. The van der Waals surface area contributed by atoms with Crippen molar-refractivity contribution in [2.45, 2.75) is 26.3 Å². The van der Waals surface area contributed by atoms with Crippen LogP contribution in [0, 0.1) is 0 Å². The molecule has 6 heteroatoms. The van der Waals surface area contributed by atoms with Gasteiger partial charge >= 0.3 is 0 Å². The van der Waals surface area contributed by atoms with Gasteiger partial charge in [0, 0.05) is 17.6 Å². The average molecular weight is 345 g/mol. The van der Waals surface area contributed by atoms with Crippen LogP contribution in [0.2, 0.25) is 20.1 Å². The number of ether oxygens (including phenoxy) is 1. The first-order valence-corrected chi connectivity index (χ1v) is 7.57. The molecule has 1 aromatic carbocycles. The summed E-state index contributed by atoms with van der Waals surface area (Å²) in [6.45, 7) is 6.19. The first-order valence-electron chi connectivity index (χ1n) is 6.06. The molecular formula is C13H17Cl4NO. The maximum atomic E-state index is 6.12. The smallest absolute Gasteiger partial charge is 0.0782 e. The quantitative estimate of drug-likeness (QED) is 0.433. The van der Waals surface area contributed by atoms with Gasteiger partial charge in [-0.2, -0.15) is 0 Å². The summed E-state index contributed by atoms with van der Waals surface area (Å²) in [4.78, 5) is 0. The molecule has 0 saturated heterocycles. The molecule has 0 atom stereocenters. The van der Waals surface area contributed by atoms with E-state index in [9.17, 15) is 0 Å². The maximum Gasteiger partial charge on any atom is 0.0782 e. The first kappa shape index (κ1) is 17.4. The van der Waals surface area contributed by atoms with Crippen LogP contribution in [0.3, 0.4) is 0 Å². The normalized spacial score (nSPS) is 11.3. The molecule has 1 aromatic rings. The second kappa shape index (κ2) is 8.56. The number of hydrogen-bond donors (Lipinski definition) is 1. The van der Waals surface area contributed by atoms with Crippen molar-refractivity contribution in [3.63, 3.8) is 0 Å². The molecule has 1 N–H and O–H groups in total. The molecule has 108 valence electrons. The maximum absolute atomic E-state index is 6.12. The Morgan fingerprint density at radius 1 is 1.05 bits per heavy atom. The highest BCUT2D eigenvalue weighted by Gasteiger charge is 2.13. The topological polar surface area (TPSA) is 21.3 Å². The van der Waals surface area contributed by atoms with Crippen molar-refractivity contribution < 1.29 is 4.74 Å². The van der Waals surface area contributed by atoms with Crippen LogP contribution in [0.4, 0.5) is 0 Å². The van der Waals surface area contributed by atoms with Crippen molar-refractivity contribution in [3.8, 4) is 0 Å². The lowest BCUT2D eigenvalue weighted by atomic mass is 10.1. The van der Waals surface area contributed by atoms with Crippen LogP contribution in [0.15, 0.2) is 6.07 Å². The predicted octanol–water partition coefficient (Wildman–Crippen LogP) is 4.86. The minimum atomic E-state index is 0.337. The molecule has 0 radical (unpaired) electrons. The van der Waals surface area contributed by atoms with Gasteiger partial charge in [-0.1, -0.05) is 60.3 Å². The Morgan fingerprint density at radius 2 is 1.74 bits per heavy atom. The van der Waals surface area contributed by atoms with Crippen LogP contribution in [-0.4, -0.2) is 25.8 Å². The standard InChI is InChI=1S/C13H17Cl4NO/c1-8(2)18-4-6-19-5-3-9-10(14)7-11(15)13(17)12(9)16/h7-8,18H,3-6H2,1-2H3. The molecule has 0 amide bonds. The molecule has 1 rings (SSSR count). The van der Waals surface area contributed by atoms with Crippen molar-refractivity contribution >= 4 is 46.4 Å². The van der Waals surface area contributed by atoms with Crippen molar-refractivity contribution in [2.24, 2.45) is 0 Å². The van der Waals surface area contributed by atoms with Crippen molar-refractivity contribution in [2.75, 3.05) is 19.8 Å². The average Bonchev–Trinajstić information content (AvgIpc) is 2.34. The van der Waals surface area contributed by atoms with Gasteiger partial charge in [-0.15, -0.1) is 0 Å². The van der Waals surface area contributed by atoms with Gasteiger partial charge in [0.05, 0.1) is 28.3 Å². The monoisotopic (exact) mass is 343 g/mol. The van der Waals surface area contributed by atoms with Crippen LogP contribution in [-0.2, 0) is 11.2 Å². The molecule has 19 heavy (non-hydrogen) atoms. The molecule has 0 aliphatic carbocycles. The summed E-state index contributed by atoms with van der Waals surface area (Å²) < 4.78 is 5.51. The van der Waals surface area contributed by atoms with Crippen molar-refractivity contribution in [3.05, 3.63) is 31.7 Å². The lowest BCUT2D eigenvalue weighted by Gasteiger charge is -2.11. The van der Waals surface area contributed by atoms with Crippen LogP contribution in [0.1, 0.15) is 19.4 Å². The van der Waals surface area contributed by atoms with Crippen molar-refractivity contribution in [1.29, 1.82) is 0 Å². The number of benzene rings is 1. The molecular weight excluding hydrogens is 328 g/mol. The zero-order valence-electron chi connectivity index (χ0n) is 10.9. The fourth-order valence-corrected chi connectivity index (χ4v) is 2.65. The fraction of sp³-hybridized carbons (Fsp3) is 0.538. The molecule has 0 aliphatic rings. The van der Waals surface area contributed by atoms with Gasteiger partial charge in [0.1, 0.15) is 0 Å². The SMILES string of the molecule is CC(C)NCCOCCc1c(Cl)cc(Cl)c(Cl)c1Cl. The summed E-state index contributed by atoms with van der Waals surface area (Å²) in [5.74, 6) is 0. The minimum Gasteiger partial charge on any atom is -0.380 e. The number of hydrogen-bond acceptors (Lipinski definition) is 2. The molecule has 0 unspecified atom stereocenters. The van der Waals surface area contributed by atoms with Gasteiger partial charge in [-0.05, 0) is 18.1 Å². The Morgan fingerprint density at radius 3 is 2.37 bits per heavy atom. The first-order chi connectivity index (χ1) is 8.93. The number of nitrogens with one attached hydrogen (secondary N) is 1. The summed E-state index contributed by atoms with van der Waals surface area (Å²) in [6.07, 6.45) is 0.607. The predicted molar refractivity (Wildman–Crippen MR) is 84.1 cm³/mol. The zero-order valence-corrected chi connectivity index (χ0v) is 13.9. The fourth-order valence-electron chi connectivity index (χ4n) is 1.53. The Labute approximate surface area is 134 Å². The second-order valence-electron chi connectivity index (χ2n) is 4.42. The summed E-state index contributed by atoms with van der Waals surface area (Å²) >= 11 is 24.1. The zero-order chi connectivity index (χ0) is 14.4. The van der Waals surface area contributed by atoms with E-state index >= 15 is 0 Å². The lowest BCUT2D eigenvalue weighted by molar-refractivity contribution is 0.137. The van der Waals surface area contributed by atoms with E-state index in [2.05, 4.69) is 19.2 Å². The van der Waals surface area contributed by atoms with E-state index in [1.54, 1.807) is 6.07 Å². The van der Waals surface area contributed by atoms with E-state index in [1.165, 1.54) is 0 Å². The highest BCUT2D eigenvalue weighted by Crippen LogP contribution is 2.37. The van der Waals surface area contributed by atoms with E-state index in [0.29, 0.717) is 45.8 Å². The largest absolute Gasteiger partial charge is 0.380 e. The van der Waals surface area contributed by atoms with E-state index in [1.807, 2.05) is 0 Å². The molecule has 0 aromatic heterocycles. The van der Waals surface area contributed by atoms with E-state index in [4.69, 9.17) is 51.1 Å². The van der Waals surface area contributed by atoms with Crippen LogP contribution in [0.25, 0.3) is 0 Å². The summed E-state index contributed by atoms with van der Waals surface area (Å²) in [5, 5.41) is 4.89. The Kier molecular flexibility index (Phi) is 7.81. The number of halogens is 4. The summed E-state index contributed by atoms with van der Waals surface area (Å²) in [7, 11) is 0. The van der Waals surface area contributed by atoms with E-state index < -0.39 is 0 Å². The third-order valence-electron chi connectivity index (χ3n) is 2.50. The van der Waals surface area contributed by atoms with Gasteiger partial charge in [-0.3, -0.25) is 0 Å². The Balaban J connectivity index is 2.44. The number of rotatable bonds is 7. The molecule has 0 fully saturated rings. The van der Waals surface area contributed by atoms with Gasteiger partial charge in [0.25, 0.3) is 0 Å². The van der Waals surface area contributed by atoms with E-state index in [0.717, 1.165) is 12.1 Å². The molecule has 0 spiro atoms. The van der Waals surface area contributed by atoms with Crippen LogP contribution < -0.4 is 5.32 Å². The lowest BCUT2D eigenvalue weighted by Crippen LogP contribution is -2.26. The summed E-state index contributed by atoms with van der Waals surface area (Å²) in [6, 6.07) is 2.06. The molecule has 0 aliphatic heterocycles. The van der Waals surface area contributed by atoms with Gasteiger partial charge in [0.15, 0.2) is 0 Å². The van der Waals surface area contributed by atoms with Gasteiger partial charge in [0.2, 0.25) is 0 Å². The summed E-state index contributed by atoms with van der Waals surface area (Å²) in [5.41, 5.74) is 0.773. The molecule has 0 heterocycles. The Bertz CT molecular complexity index is 424. The molecule has 0 bridgehead atoms. The van der Waals surface area contributed by atoms with Crippen LogP contribution in [0.5, 0.6) is 0 Å².